The third kappa shape index (κ3) is 4.53. The van der Waals surface area contributed by atoms with E-state index in [0.29, 0.717) is 17.8 Å². The van der Waals surface area contributed by atoms with Crippen molar-refractivity contribution in [2.45, 2.75) is 20.8 Å². The minimum Gasteiger partial charge on any atom is -0.384 e. The molecule has 19 heavy (non-hydrogen) atoms. The minimum absolute atomic E-state index is 0.167. The summed E-state index contributed by atoms with van der Waals surface area (Å²) in [6.45, 7) is 5.94. The van der Waals surface area contributed by atoms with Crippen LogP contribution in [-0.2, 0) is 10.2 Å². The molecule has 0 aromatic heterocycles. The lowest BCUT2D eigenvalue weighted by molar-refractivity contribution is 0.565. The van der Waals surface area contributed by atoms with Gasteiger partial charge in [-0.25, -0.2) is 0 Å². The van der Waals surface area contributed by atoms with E-state index in [4.69, 9.17) is 11.1 Å². The largest absolute Gasteiger partial charge is 0.384 e. The van der Waals surface area contributed by atoms with E-state index in [1.165, 1.54) is 0 Å². The zero-order chi connectivity index (χ0) is 14.6. The quantitative estimate of drug-likeness (QED) is 0.465. The van der Waals surface area contributed by atoms with Crippen molar-refractivity contribution >= 4 is 21.7 Å². The number of anilines is 1. The van der Waals surface area contributed by atoms with Crippen LogP contribution in [0.1, 0.15) is 25.0 Å². The average Bonchev–Trinajstić information content (AvgIpc) is 2.25. The Morgan fingerprint density at radius 3 is 2.58 bits per heavy atom. The summed E-state index contributed by atoms with van der Waals surface area (Å²) in [6, 6.07) is 5.07. The summed E-state index contributed by atoms with van der Waals surface area (Å²) in [4.78, 5) is 0. The maximum absolute atomic E-state index is 11.9. The lowest BCUT2D eigenvalue weighted by Gasteiger charge is -2.15. The summed E-state index contributed by atoms with van der Waals surface area (Å²) in [5, 5.41) is 7.52. The van der Waals surface area contributed by atoms with Gasteiger partial charge in [0.1, 0.15) is 5.84 Å². The summed E-state index contributed by atoms with van der Waals surface area (Å²) in [7, 11) is -3.65. The number of rotatable bonds is 6. The second-order valence-corrected chi connectivity index (χ2v) is 6.26. The predicted molar refractivity (Wildman–Crippen MR) is 77.6 cm³/mol. The van der Waals surface area contributed by atoms with Crippen molar-refractivity contribution in [2.75, 3.05) is 11.3 Å². The lowest BCUT2D eigenvalue weighted by Crippen LogP contribution is -2.33. The van der Waals surface area contributed by atoms with E-state index in [1.54, 1.807) is 25.1 Å². The monoisotopic (exact) mass is 284 g/mol. The smallest absolute Gasteiger partial charge is 0.299 e. The topological polar surface area (TPSA) is 108 Å². The Morgan fingerprint density at radius 1 is 1.42 bits per heavy atom. The molecule has 1 rings (SSSR count). The molecule has 1 aromatic rings. The van der Waals surface area contributed by atoms with E-state index >= 15 is 0 Å². The molecule has 0 unspecified atom stereocenters. The molecule has 0 saturated heterocycles. The van der Waals surface area contributed by atoms with Crippen LogP contribution in [0.5, 0.6) is 0 Å². The number of benzene rings is 1. The van der Waals surface area contributed by atoms with Gasteiger partial charge in [-0.15, -0.1) is 0 Å². The molecule has 0 aliphatic heterocycles. The fourth-order valence-electron chi connectivity index (χ4n) is 1.57. The van der Waals surface area contributed by atoms with Gasteiger partial charge in [-0.2, -0.15) is 13.1 Å². The second-order valence-electron chi connectivity index (χ2n) is 4.76. The zero-order valence-corrected chi connectivity index (χ0v) is 12.1. The van der Waals surface area contributed by atoms with E-state index in [1.807, 2.05) is 13.8 Å². The number of amidine groups is 1. The van der Waals surface area contributed by atoms with Crippen molar-refractivity contribution in [3.8, 4) is 0 Å². The standard InChI is InChI=1S/C12H20N4O2S/c1-8(2)7-15-19(17,18)16-10-6-4-5-9(3)11(10)12(13)14/h4-6,8,15-16H,7H2,1-3H3,(H3,13,14). The van der Waals surface area contributed by atoms with Crippen LogP contribution in [0.2, 0.25) is 0 Å². The highest BCUT2D eigenvalue weighted by atomic mass is 32.2. The Morgan fingerprint density at radius 2 is 2.05 bits per heavy atom. The van der Waals surface area contributed by atoms with Gasteiger partial charge >= 0.3 is 0 Å². The van der Waals surface area contributed by atoms with Crippen LogP contribution in [-0.4, -0.2) is 20.8 Å². The maximum atomic E-state index is 11.9. The first-order valence-electron chi connectivity index (χ1n) is 5.94. The fourth-order valence-corrected chi connectivity index (χ4v) is 2.65. The van der Waals surface area contributed by atoms with Crippen molar-refractivity contribution < 1.29 is 8.42 Å². The molecule has 0 aliphatic carbocycles. The van der Waals surface area contributed by atoms with Crippen molar-refractivity contribution in [1.29, 1.82) is 5.41 Å². The Balaban J connectivity index is 3.00. The highest BCUT2D eigenvalue weighted by Gasteiger charge is 2.15. The second kappa shape index (κ2) is 6.03. The molecule has 0 radical (unpaired) electrons. The maximum Gasteiger partial charge on any atom is 0.299 e. The molecule has 0 bridgehead atoms. The normalized spacial score (nSPS) is 11.6. The van der Waals surface area contributed by atoms with Crippen LogP contribution >= 0.6 is 0 Å². The number of nitrogens with two attached hydrogens (primary N) is 1. The van der Waals surface area contributed by atoms with E-state index in [9.17, 15) is 8.42 Å². The van der Waals surface area contributed by atoms with Gasteiger partial charge in [0, 0.05) is 12.1 Å². The number of nitrogen functional groups attached to an aromatic ring is 1. The molecule has 7 heteroatoms. The van der Waals surface area contributed by atoms with Gasteiger partial charge in [-0.3, -0.25) is 10.1 Å². The minimum atomic E-state index is -3.65. The first kappa shape index (κ1) is 15.5. The van der Waals surface area contributed by atoms with Gasteiger partial charge in [-0.05, 0) is 24.5 Å². The van der Waals surface area contributed by atoms with Crippen molar-refractivity contribution in [3.05, 3.63) is 29.3 Å². The third-order valence-corrected chi connectivity index (χ3v) is 3.50. The van der Waals surface area contributed by atoms with E-state index in [2.05, 4.69) is 9.44 Å². The third-order valence-electron chi connectivity index (χ3n) is 2.47. The van der Waals surface area contributed by atoms with Gasteiger partial charge in [-0.1, -0.05) is 26.0 Å². The van der Waals surface area contributed by atoms with Gasteiger partial charge in [0.2, 0.25) is 0 Å². The summed E-state index contributed by atoms with van der Waals surface area (Å²) in [5.74, 6) is 0.0426. The van der Waals surface area contributed by atoms with E-state index in [0.717, 1.165) is 5.56 Å². The van der Waals surface area contributed by atoms with Crippen molar-refractivity contribution in [1.82, 2.24) is 4.72 Å². The molecule has 6 nitrogen and oxygen atoms in total. The molecule has 0 fully saturated rings. The van der Waals surface area contributed by atoms with Gasteiger partial charge < -0.3 is 5.73 Å². The van der Waals surface area contributed by atoms with Crippen molar-refractivity contribution in [2.24, 2.45) is 11.7 Å². The van der Waals surface area contributed by atoms with Gasteiger partial charge in [0.05, 0.1) is 5.69 Å². The summed E-state index contributed by atoms with van der Waals surface area (Å²) in [5.41, 5.74) is 6.94. The molecule has 0 atom stereocenters. The number of aryl methyl sites for hydroxylation is 1. The predicted octanol–water partition coefficient (Wildman–Crippen LogP) is 1.18. The highest BCUT2D eigenvalue weighted by molar-refractivity contribution is 7.90. The Bertz CT molecular complexity index is 567. The number of nitrogens with one attached hydrogen (secondary N) is 3. The average molecular weight is 284 g/mol. The Hall–Kier alpha value is -1.60. The molecular weight excluding hydrogens is 264 g/mol. The van der Waals surface area contributed by atoms with Crippen LogP contribution in [0.15, 0.2) is 18.2 Å². The van der Waals surface area contributed by atoms with Crippen LogP contribution in [0.3, 0.4) is 0 Å². The van der Waals surface area contributed by atoms with Crippen LogP contribution < -0.4 is 15.2 Å². The van der Waals surface area contributed by atoms with Crippen molar-refractivity contribution in [3.63, 3.8) is 0 Å². The fraction of sp³-hybridized carbons (Fsp3) is 0.417. The lowest BCUT2D eigenvalue weighted by atomic mass is 10.1. The summed E-state index contributed by atoms with van der Waals surface area (Å²) >= 11 is 0. The molecule has 0 saturated carbocycles. The van der Waals surface area contributed by atoms with Crippen LogP contribution in [0.4, 0.5) is 5.69 Å². The number of hydrogen-bond acceptors (Lipinski definition) is 3. The van der Waals surface area contributed by atoms with Gasteiger partial charge in [0.25, 0.3) is 10.2 Å². The van der Waals surface area contributed by atoms with Gasteiger partial charge in [0.15, 0.2) is 0 Å². The molecular formula is C12H20N4O2S. The molecule has 0 spiro atoms. The summed E-state index contributed by atoms with van der Waals surface area (Å²) < 4.78 is 28.6. The molecule has 0 amide bonds. The Kier molecular flexibility index (Phi) is 4.90. The highest BCUT2D eigenvalue weighted by Crippen LogP contribution is 2.19. The molecule has 106 valence electrons. The summed E-state index contributed by atoms with van der Waals surface area (Å²) in [6.07, 6.45) is 0. The first-order chi connectivity index (χ1) is 8.73. The van der Waals surface area contributed by atoms with Crippen LogP contribution in [0.25, 0.3) is 0 Å². The first-order valence-corrected chi connectivity index (χ1v) is 7.42. The molecule has 0 aliphatic rings. The number of hydrogen-bond donors (Lipinski definition) is 4. The molecule has 1 aromatic carbocycles. The molecule has 0 heterocycles. The van der Waals surface area contributed by atoms with Crippen LogP contribution in [0, 0.1) is 18.3 Å². The van der Waals surface area contributed by atoms with E-state index < -0.39 is 10.2 Å². The molecule has 5 N–H and O–H groups in total. The Labute approximate surface area is 114 Å². The zero-order valence-electron chi connectivity index (χ0n) is 11.3. The van der Waals surface area contributed by atoms with E-state index in [-0.39, 0.29) is 11.8 Å². The SMILES string of the molecule is Cc1cccc(NS(=O)(=O)NCC(C)C)c1C(=N)N.